The van der Waals surface area contributed by atoms with E-state index in [2.05, 4.69) is 41.6 Å². The van der Waals surface area contributed by atoms with Gasteiger partial charge in [-0.3, -0.25) is 0 Å². The van der Waals surface area contributed by atoms with E-state index in [0.717, 1.165) is 35.7 Å². The van der Waals surface area contributed by atoms with Crippen molar-refractivity contribution in [3.63, 3.8) is 0 Å². The first-order chi connectivity index (χ1) is 9.56. The molecule has 2 N–H and O–H groups in total. The summed E-state index contributed by atoms with van der Waals surface area (Å²) in [5.41, 5.74) is 8.10. The van der Waals surface area contributed by atoms with Crippen molar-refractivity contribution in [2.75, 3.05) is 18.5 Å². The minimum absolute atomic E-state index is 0.134. The van der Waals surface area contributed by atoms with Crippen molar-refractivity contribution in [3.8, 4) is 0 Å². The third kappa shape index (κ3) is 4.23. The number of likely N-dealkylation sites (N-methyl/N-ethyl adjacent to an activating group) is 1. The van der Waals surface area contributed by atoms with Crippen molar-refractivity contribution in [2.24, 2.45) is 5.73 Å². The fourth-order valence-electron chi connectivity index (χ4n) is 2.15. The Kier molecular flexibility index (Phi) is 5.46. The molecule has 0 aliphatic heterocycles. The molecule has 2 aromatic rings. The van der Waals surface area contributed by atoms with Gasteiger partial charge in [-0.25, -0.2) is 0 Å². The van der Waals surface area contributed by atoms with Crippen LogP contribution in [0.3, 0.4) is 0 Å². The molecule has 4 heteroatoms. The summed E-state index contributed by atoms with van der Waals surface area (Å²) in [7, 11) is 2.10. The van der Waals surface area contributed by atoms with Gasteiger partial charge >= 0.3 is 0 Å². The predicted octanol–water partition coefficient (Wildman–Crippen LogP) is 3.97. The van der Waals surface area contributed by atoms with Crippen molar-refractivity contribution in [1.29, 1.82) is 0 Å². The summed E-state index contributed by atoms with van der Waals surface area (Å²) >= 11 is 8.14. The van der Waals surface area contributed by atoms with Crippen LogP contribution in [0.15, 0.2) is 35.7 Å². The maximum Gasteiger partial charge on any atom is 0.0459 e. The summed E-state index contributed by atoms with van der Waals surface area (Å²) in [6.45, 7) is 2.99. The number of halogens is 1. The summed E-state index contributed by atoms with van der Waals surface area (Å²) < 4.78 is 0. The molecule has 0 bridgehead atoms. The Balaban J connectivity index is 1.99. The smallest absolute Gasteiger partial charge is 0.0459 e. The van der Waals surface area contributed by atoms with Crippen LogP contribution in [0.5, 0.6) is 0 Å². The second-order valence-corrected chi connectivity index (χ2v) is 6.65. The molecule has 0 fully saturated rings. The van der Waals surface area contributed by atoms with Gasteiger partial charge in [0.1, 0.15) is 0 Å². The first kappa shape index (κ1) is 15.4. The average Bonchev–Trinajstić information content (AvgIpc) is 2.91. The van der Waals surface area contributed by atoms with E-state index < -0.39 is 0 Å². The zero-order valence-electron chi connectivity index (χ0n) is 12.0. The summed E-state index contributed by atoms with van der Waals surface area (Å²) in [5.74, 6) is 0. The summed E-state index contributed by atoms with van der Waals surface area (Å²) in [5, 5.41) is 2.93. The van der Waals surface area contributed by atoms with Gasteiger partial charge in [-0.15, -0.1) is 11.3 Å². The van der Waals surface area contributed by atoms with E-state index in [4.69, 9.17) is 17.3 Å². The molecule has 20 heavy (non-hydrogen) atoms. The highest BCUT2D eigenvalue weighted by Crippen LogP contribution is 2.24. The molecule has 0 aliphatic carbocycles. The Labute approximate surface area is 130 Å². The van der Waals surface area contributed by atoms with Crippen molar-refractivity contribution in [2.45, 2.75) is 25.8 Å². The molecule has 2 rings (SSSR count). The molecule has 0 spiro atoms. The Morgan fingerprint density at radius 1 is 1.35 bits per heavy atom. The Morgan fingerprint density at radius 2 is 2.15 bits per heavy atom. The molecule has 108 valence electrons. The van der Waals surface area contributed by atoms with Crippen LogP contribution >= 0.6 is 22.9 Å². The zero-order chi connectivity index (χ0) is 14.5. The van der Waals surface area contributed by atoms with Gasteiger partial charge in [0.25, 0.3) is 0 Å². The van der Waals surface area contributed by atoms with Crippen LogP contribution in [0.1, 0.15) is 17.4 Å². The zero-order valence-corrected chi connectivity index (χ0v) is 13.5. The Hall–Kier alpha value is -1.03. The van der Waals surface area contributed by atoms with Gasteiger partial charge in [-0.05, 0) is 48.9 Å². The fraction of sp³-hybridized carbons (Fsp3) is 0.375. The molecule has 0 aliphatic rings. The SMILES string of the molecule is CC(N)Cc1ccc(N(C)CCc2cccs2)cc1Cl. The number of anilines is 1. The van der Waals surface area contributed by atoms with Crippen LogP contribution in [0.25, 0.3) is 0 Å². The average molecular weight is 309 g/mol. The minimum Gasteiger partial charge on any atom is -0.374 e. The van der Waals surface area contributed by atoms with E-state index in [-0.39, 0.29) is 6.04 Å². The minimum atomic E-state index is 0.134. The van der Waals surface area contributed by atoms with Crippen LogP contribution in [-0.2, 0) is 12.8 Å². The monoisotopic (exact) mass is 308 g/mol. The molecule has 0 radical (unpaired) electrons. The molecule has 0 amide bonds. The van der Waals surface area contributed by atoms with Gasteiger partial charge in [0.2, 0.25) is 0 Å². The molecule has 1 heterocycles. The molecule has 1 aromatic heterocycles. The lowest BCUT2D eigenvalue weighted by atomic mass is 10.1. The van der Waals surface area contributed by atoms with Crippen molar-refractivity contribution < 1.29 is 0 Å². The number of nitrogens with two attached hydrogens (primary N) is 1. The fourth-order valence-corrected chi connectivity index (χ4v) is 3.10. The molecule has 2 nitrogen and oxygen atoms in total. The maximum atomic E-state index is 6.34. The second-order valence-electron chi connectivity index (χ2n) is 5.21. The van der Waals surface area contributed by atoms with E-state index in [1.54, 1.807) is 11.3 Å². The van der Waals surface area contributed by atoms with Crippen LogP contribution in [0.2, 0.25) is 5.02 Å². The molecule has 1 atom stereocenters. The Morgan fingerprint density at radius 3 is 2.75 bits per heavy atom. The topological polar surface area (TPSA) is 29.3 Å². The second kappa shape index (κ2) is 7.11. The number of rotatable bonds is 6. The summed E-state index contributed by atoms with van der Waals surface area (Å²) in [6, 6.07) is 10.7. The number of thiophene rings is 1. The van der Waals surface area contributed by atoms with Crippen molar-refractivity contribution in [3.05, 3.63) is 51.2 Å². The van der Waals surface area contributed by atoms with Crippen LogP contribution < -0.4 is 10.6 Å². The normalized spacial score (nSPS) is 12.4. The van der Waals surface area contributed by atoms with E-state index in [0.29, 0.717) is 0 Å². The first-order valence-corrected chi connectivity index (χ1v) is 8.09. The first-order valence-electron chi connectivity index (χ1n) is 6.84. The lowest BCUT2D eigenvalue weighted by Crippen LogP contribution is -2.20. The van der Waals surface area contributed by atoms with E-state index in [9.17, 15) is 0 Å². The van der Waals surface area contributed by atoms with Crippen molar-refractivity contribution >= 4 is 28.6 Å². The van der Waals surface area contributed by atoms with Crippen LogP contribution in [0, 0.1) is 0 Å². The molecule has 0 saturated heterocycles. The van der Waals surface area contributed by atoms with Crippen LogP contribution in [0.4, 0.5) is 5.69 Å². The van der Waals surface area contributed by atoms with Gasteiger partial charge in [-0.1, -0.05) is 23.7 Å². The van der Waals surface area contributed by atoms with E-state index in [1.165, 1.54) is 4.88 Å². The summed E-state index contributed by atoms with van der Waals surface area (Å²) in [6.07, 6.45) is 1.88. The molecule has 1 aromatic carbocycles. The molecule has 1 unspecified atom stereocenters. The third-order valence-electron chi connectivity index (χ3n) is 3.29. The number of hydrogen-bond donors (Lipinski definition) is 1. The lowest BCUT2D eigenvalue weighted by Gasteiger charge is -2.20. The number of benzene rings is 1. The number of hydrogen-bond acceptors (Lipinski definition) is 3. The lowest BCUT2D eigenvalue weighted by molar-refractivity contribution is 0.738. The molecular weight excluding hydrogens is 288 g/mol. The highest BCUT2D eigenvalue weighted by atomic mass is 35.5. The summed E-state index contributed by atoms with van der Waals surface area (Å²) in [4.78, 5) is 3.65. The highest BCUT2D eigenvalue weighted by molar-refractivity contribution is 7.09. The predicted molar refractivity (Wildman–Crippen MR) is 90.1 cm³/mol. The van der Waals surface area contributed by atoms with Gasteiger partial charge in [0, 0.05) is 35.2 Å². The Bertz CT molecular complexity index is 537. The van der Waals surface area contributed by atoms with Gasteiger partial charge < -0.3 is 10.6 Å². The standard InChI is InChI=1S/C16H21ClN2S/c1-12(18)10-13-5-6-14(11-16(13)17)19(2)8-7-15-4-3-9-20-15/h3-6,9,11-12H,7-8,10,18H2,1-2H3. The van der Waals surface area contributed by atoms with E-state index in [1.807, 2.05) is 13.0 Å². The largest absolute Gasteiger partial charge is 0.374 e. The number of nitrogens with zero attached hydrogens (tertiary/aromatic N) is 1. The third-order valence-corrected chi connectivity index (χ3v) is 4.58. The van der Waals surface area contributed by atoms with Gasteiger partial charge in [0.05, 0.1) is 0 Å². The van der Waals surface area contributed by atoms with Gasteiger partial charge in [-0.2, -0.15) is 0 Å². The van der Waals surface area contributed by atoms with Crippen molar-refractivity contribution in [1.82, 2.24) is 0 Å². The quantitative estimate of drug-likeness (QED) is 0.875. The van der Waals surface area contributed by atoms with E-state index >= 15 is 0 Å². The van der Waals surface area contributed by atoms with Crippen LogP contribution in [-0.4, -0.2) is 19.6 Å². The maximum absolute atomic E-state index is 6.34. The molecule has 0 saturated carbocycles. The molecular formula is C16H21ClN2S. The highest BCUT2D eigenvalue weighted by Gasteiger charge is 2.07. The van der Waals surface area contributed by atoms with Gasteiger partial charge in [0.15, 0.2) is 0 Å².